The summed E-state index contributed by atoms with van der Waals surface area (Å²) in [5, 5.41) is 13.0. The van der Waals surface area contributed by atoms with Crippen LogP contribution in [0.4, 0.5) is 5.82 Å². The van der Waals surface area contributed by atoms with Gasteiger partial charge in [-0.3, -0.25) is 4.79 Å². The molecule has 1 atom stereocenters. The van der Waals surface area contributed by atoms with E-state index in [9.17, 15) is 4.79 Å². The van der Waals surface area contributed by atoms with Crippen LogP contribution in [0.2, 0.25) is 0 Å². The quantitative estimate of drug-likeness (QED) is 0.751. The number of aromatic nitrogens is 1. The summed E-state index contributed by atoms with van der Waals surface area (Å²) in [5.74, 6) is 1.68. The first-order chi connectivity index (χ1) is 13.6. The Morgan fingerprint density at radius 3 is 2.75 bits per heavy atom. The summed E-state index contributed by atoms with van der Waals surface area (Å²) in [7, 11) is 0. The van der Waals surface area contributed by atoms with Gasteiger partial charge in [0.15, 0.2) is 0 Å². The zero-order chi connectivity index (χ0) is 19.5. The van der Waals surface area contributed by atoms with Gasteiger partial charge in [0.25, 0.3) is 0 Å². The lowest BCUT2D eigenvalue weighted by molar-refractivity contribution is -0.126. The molecular weight excluding hydrogens is 352 g/mol. The van der Waals surface area contributed by atoms with E-state index in [4.69, 9.17) is 9.68 Å². The Kier molecular flexibility index (Phi) is 4.98. The zero-order valence-electron chi connectivity index (χ0n) is 15.8. The van der Waals surface area contributed by atoms with E-state index in [1.165, 1.54) is 0 Å². The van der Waals surface area contributed by atoms with Gasteiger partial charge >= 0.3 is 0 Å². The molecule has 28 heavy (non-hydrogen) atoms. The van der Waals surface area contributed by atoms with Crippen molar-refractivity contribution in [1.29, 1.82) is 5.26 Å². The fraction of sp³-hybridized carbons (Fsp3) is 0.318. The number of nitrogens with one attached hydrogen (secondary N) is 1. The van der Waals surface area contributed by atoms with Gasteiger partial charge in [0.1, 0.15) is 23.2 Å². The minimum atomic E-state index is -0.168. The van der Waals surface area contributed by atoms with E-state index in [2.05, 4.69) is 21.3 Å². The van der Waals surface area contributed by atoms with Crippen LogP contribution in [0.15, 0.2) is 53.1 Å². The lowest BCUT2D eigenvalue weighted by Gasteiger charge is -2.32. The number of pyridine rings is 1. The molecule has 6 heteroatoms. The fourth-order valence-electron chi connectivity index (χ4n) is 3.63. The number of hydrogen-bond donors (Lipinski definition) is 1. The lowest BCUT2D eigenvalue weighted by Crippen LogP contribution is -2.41. The van der Waals surface area contributed by atoms with E-state index in [0.29, 0.717) is 5.56 Å². The first-order valence-corrected chi connectivity index (χ1v) is 9.54. The summed E-state index contributed by atoms with van der Waals surface area (Å²) in [6.07, 6.45) is 3.14. The van der Waals surface area contributed by atoms with Gasteiger partial charge in [-0.2, -0.15) is 5.26 Å². The summed E-state index contributed by atoms with van der Waals surface area (Å²) in [4.78, 5) is 19.2. The molecule has 1 aliphatic rings. The van der Waals surface area contributed by atoms with Crippen LogP contribution in [0, 0.1) is 17.2 Å². The van der Waals surface area contributed by atoms with Crippen molar-refractivity contribution in [3.8, 4) is 6.07 Å². The molecule has 1 N–H and O–H groups in total. The van der Waals surface area contributed by atoms with Gasteiger partial charge in [0.05, 0.1) is 11.6 Å². The molecule has 3 aromatic rings. The molecule has 1 amide bonds. The normalized spacial score (nSPS) is 15.9. The van der Waals surface area contributed by atoms with Gasteiger partial charge in [0.2, 0.25) is 5.91 Å². The molecule has 1 aliphatic heterocycles. The maximum atomic E-state index is 12.7. The average molecular weight is 374 g/mol. The highest BCUT2D eigenvalue weighted by molar-refractivity contribution is 5.80. The Morgan fingerprint density at radius 1 is 1.29 bits per heavy atom. The minimum absolute atomic E-state index is 0.0125. The Morgan fingerprint density at radius 2 is 2.07 bits per heavy atom. The van der Waals surface area contributed by atoms with Gasteiger partial charge < -0.3 is 14.6 Å². The molecule has 4 rings (SSSR count). The van der Waals surface area contributed by atoms with E-state index in [1.54, 1.807) is 12.3 Å². The number of piperidine rings is 1. The number of rotatable bonds is 4. The monoisotopic (exact) mass is 374 g/mol. The molecule has 142 valence electrons. The SMILES string of the molecule is C[C@H](NC(=O)C1CCN(c2ccc(C#N)cn2)CC1)c1cc2ccccc2o1. The van der Waals surface area contributed by atoms with Gasteiger partial charge in [-0.05, 0) is 44.0 Å². The first kappa shape index (κ1) is 18.1. The van der Waals surface area contributed by atoms with Crippen LogP contribution in [0.1, 0.15) is 37.1 Å². The highest BCUT2D eigenvalue weighted by Gasteiger charge is 2.27. The fourth-order valence-corrected chi connectivity index (χ4v) is 3.63. The van der Waals surface area contributed by atoms with Crippen molar-refractivity contribution < 1.29 is 9.21 Å². The Balaban J connectivity index is 1.33. The van der Waals surface area contributed by atoms with E-state index < -0.39 is 0 Å². The number of furan rings is 1. The predicted octanol–water partition coefficient (Wildman–Crippen LogP) is 3.79. The molecule has 0 radical (unpaired) electrons. The second kappa shape index (κ2) is 7.73. The molecule has 2 aromatic heterocycles. The summed E-state index contributed by atoms with van der Waals surface area (Å²) in [5.41, 5.74) is 1.39. The third-order valence-electron chi connectivity index (χ3n) is 5.30. The molecule has 1 saturated heterocycles. The summed E-state index contributed by atoms with van der Waals surface area (Å²) in [6, 6.07) is 15.4. The average Bonchev–Trinajstić information content (AvgIpc) is 3.18. The number of hydrogen-bond acceptors (Lipinski definition) is 5. The molecule has 0 unspecified atom stereocenters. The smallest absolute Gasteiger partial charge is 0.223 e. The van der Waals surface area contributed by atoms with Gasteiger partial charge in [-0.25, -0.2) is 4.98 Å². The van der Waals surface area contributed by atoms with Gasteiger partial charge in [0, 0.05) is 30.6 Å². The molecular formula is C22H22N4O2. The Hall–Kier alpha value is -3.33. The molecule has 3 heterocycles. The summed E-state index contributed by atoms with van der Waals surface area (Å²) in [6.45, 7) is 3.50. The second-order valence-corrected chi connectivity index (χ2v) is 7.20. The van der Waals surface area contributed by atoms with Crippen LogP contribution in [0.3, 0.4) is 0 Å². The minimum Gasteiger partial charge on any atom is -0.459 e. The third kappa shape index (κ3) is 3.70. The van der Waals surface area contributed by atoms with Crippen molar-refractivity contribution in [3.05, 3.63) is 60.0 Å². The third-order valence-corrected chi connectivity index (χ3v) is 5.30. The topological polar surface area (TPSA) is 82.2 Å². The highest BCUT2D eigenvalue weighted by Crippen LogP contribution is 2.26. The highest BCUT2D eigenvalue weighted by atomic mass is 16.3. The maximum absolute atomic E-state index is 12.7. The van der Waals surface area contributed by atoms with Crippen molar-refractivity contribution in [2.45, 2.75) is 25.8 Å². The van der Waals surface area contributed by atoms with Crippen molar-refractivity contribution >= 4 is 22.7 Å². The molecule has 1 aromatic carbocycles. The molecule has 0 bridgehead atoms. The van der Waals surface area contributed by atoms with Crippen molar-refractivity contribution in [2.75, 3.05) is 18.0 Å². The van der Waals surface area contributed by atoms with E-state index in [0.717, 1.165) is 48.5 Å². The van der Waals surface area contributed by atoms with Crippen molar-refractivity contribution in [3.63, 3.8) is 0 Å². The first-order valence-electron chi connectivity index (χ1n) is 9.54. The van der Waals surface area contributed by atoms with Gasteiger partial charge in [-0.15, -0.1) is 0 Å². The lowest BCUT2D eigenvalue weighted by atomic mass is 9.95. The van der Waals surface area contributed by atoms with Crippen LogP contribution in [-0.2, 0) is 4.79 Å². The number of carbonyl (C=O) groups excluding carboxylic acids is 1. The van der Waals surface area contributed by atoms with Crippen LogP contribution < -0.4 is 10.2 Å². The largest absolute Gasteiger partial charge is 0.459 e. The summed E-state index contributed by atoms with van der Waals surface area (Å²) >= 11 is 0. The standard InChI is InChI=1S/C22H22N4O2/c1-15(20-12-18-4-2-3-5-19(18)28-20)25-22(27)17-8-10-26(11-9-17)21-7-6-16(13-23)14-24-21/h2-7,12,14-15,17H,8-11H2,1H3,(H,25,27)/t15-/m0/s1. The Labute approximate surface area is 163 Å². The van der Waals surface area contributed by atoms with Crippen LogP contribution in [-0.4, -0.2) is 24.0 Å². The zero-order valence-corrected chi connectivity index (χ0v) is 15.8. The number of benzene rings is 1. The molecule has 0 aliphatic carbocycles. The second-order valence-electron chi connectivity index (χ2n) is 7.20. The number of nitriles is 1. The number of anilines is 1. The number of nitrogens with zero attached hydrogens (tertiary/aromatic N) is 3. The van der Waals surface area contributed by atoms with Crippen LogP contribution in [0.25, 0.3) is 11.0 Å². The molecule has 0 saturated carbocycles. The molecule has 0 spiro atoms. The van der Waals surface area contributed by atoms with Crippen molar-refractivity contribution in [2.24, 2.45) is 5.92 Å². The van der Waals surface area contributed by atoms with Gasteiger partial charge in [-0.1, -0.05) is 18.2 Å². The number of carbonyl (C=O) groups is 1. The maximum Gasteiger partial charge on any atom is 0.223 e. The van der Waals surface area contributed by atoms with E-state index >= 15 is 0 Å². The number of para-hydroxylation sites is 1. The van der Waals surface area contributed by atoms with Crippen LogP contribution >= 0.6 is 0 Å². The predicted molar refractivity (Wildman–Crippen MR) is 107 cm³/mol. The summed E-state index contributed by atoms with van der Waals surface area (Å²) < 4.78 is 5.86. The van der Waals surface area contributed by atoms with E-state index in [1.807, 2.05) is 43.3 Å². The number of fused-ring (bicyclic) bond motifs is 1. The van der Waals surface area contributed by atoms with Crippen molar-refractivity contribution in [1.82, 2.24) is 10.3 Å². The van der Waals surface area contributed by atoms with E-state index in [-0.39, 0.29) is 17.9 Å². The Bertz CT molecular complexity index is 978. The number of amides is 1. The van der Waals surface area contributed by atoms with Crippen LogP contribution in [0.5, 0.6) is 0 Å². The molecule has 6 nitrogen and oxygen atoms in total. The molecule has 1 fully saturated rings.